The lowest BCUT2D eigenvalue weighted by Crippen LogP contribution is -2.12. The standard InChI is InChI=1S/C16H11IN2O4/c17-14-8-7-13(23-14)16(21)19-11-5-3-10(4-6-11)18-15(20)12-2-1-9-22-12/h1-9H,(H,18,20)(H,19,21). The average molecular weight is 422 g/mol. The van der Waals surface area contributed by atoms with Gasteiger partial charge in [0.25, 0.3) is 11.8 Å². The minimum Gasteiger partial charge on any atom is -0.459 e. The molecule has 2 heterocycles. The maximum Gasteiger partial charge on any atom is 0.291 e. The van der Waals surface area contributed by atoms with Gasteiger partial charge in [0.2, 0.25) is 0 Å². The summed E-state index contributed by atoms with van der Waals surface area (Å²) in [6, 6.07) is 13.3. The van der Waals surface area contributed by atoms with Gasteiger partial charge in [-0.25, -0.2) is 0 Å². The fourth-order valence-corrected chi connectivity index (χ4v) is 2.28. The lowest BCUT2D eigenvalue weighted by atomic mass is 10.2. The monoisotopic (exact) mass is 422 g/mol. The highest BCUT2D eigenvalue weighted by Gasteiger charge is 2.11. The molecule has 0 fully saturated rings. The number of hydrogen-bond donors (Lipinski definition) is 2. The van der Waals surface area contributed by atoms with Gasteiger partial charge in [-0.1, -0.05) is 0 Å². The van der Waals surface area contributed by atoms with E-state index < -0.39 is 0 Å². The van der Waals surface area contributed by atoms with Crippen molar-refractivity contribution >= 4 is 45.8 Å². The maximum atomic E-state index is 12.0. The summed E-state index contributed by atoms with van der Waals surface area (Å²) in [5.41, 5.74) is 1.19. The zero-order valence-corrected chi connectivity index (χ0v) is 13.9. The molecule has 2 N–H and O–H groups in total. The molecule has 2 amide bonds. The molecule has 23 heavy (non-hydrogen) atoms. The Bertz CT molecular complexity index is 822. The van der Waals surface area contributed by atoms with E-state index in [1.807, 2.05) is 22.6 Å². The SMILES string of the molecule is O=C(Nc1ccc(NC(=O)c2ccc(I)o2)cc1)c1ccco1. The molecule has 0 aliphatic rings. The Morgan fingerprint density at radius 1 is 0.826 bits per heavy atom. The van der Waals surface area contributed by atoms with Crippen LogP contribution in [0, 0.1) is 3.77 Å². The van der Waals surface area contributed by atoms with Gasteiger partial charge in [0.15, 0.2) is 15.3 Å². The minimum atomic E-state index is -0.336. The second kappa shape index (κ2) is 6.69. The molecule has 116 valence electrons. The van der Waals surface area contributed by atoms with Crippen molar-refractivity contribution in [2.75, 3.05) is 10.6 Å². The molecular formula is C16H11IN2O4. The Kier molecular flexibility index (Phi) is 4.47. The minimum absolute atomic E-state index is 0.231. The first-order valence-corrected chi connectivity index (χ1v) is 7.71. The first-order valence-electron chi connectivity index (χ1n) is 6.63. The van der Waals surface area contributed by atoms with Crippen molar-refractivity contribution in [2.45, 2.75) is 0 Å². The fourth-order valence-electron chi connectivity index (χ4n) is 1.87. The van der Waals surface area contributed by atoms with Crippen molar-refractivity contribution in [2.24, 2.45) is 0 Å². The normalized spacial score (nSPS) is 10.3. The van der Waals surface area contributed by atoms with E-state index in [1.54, 1.807) is 48.5 Å². The van der Waals surface area contributed by atoms with Crippen molar-refractivity contribution < 1.29 is 18.4 Å². The molecule has 3 aromatic rings. The second-order valence-corrected chi connectivity index (χ2v) is 5.63. The quantitative estimate of drug-likeness (QED) is 0.623. The van der Waals surface area contributed by atoms with Crippen molar-refractivity contribution in [3.63, 3.8) is 0 Å². The Balaban J connectivity index is 1.63. The van der Waals surface area contributed by atoms with E-state index in [4.69, 9.17) is 8.83 Å². The molecular weight excluding hydrogens is 411 g/mol. The number of halogens is 1. The highest BCUT2D eigenvalue weighted by molar-refractivity contribution is 14.1. The summed E-state index contributed by atoms with van der Waals surface area (Å²) in [6.07, 6.45) is 1.43. The van der Waals surface area contributed by atoms with Gasteiger partial charge in [-0.3, -0.25) is 9.59 Å². The summed E-state index contributed by atoms with van der Waals surface area (Å²) in [5.74, 6) is -0.198. The van der Waals surface area contributed by atoms with Crippen LogP contribution in [0.3, 0.4) is 0 Å². The highest BCUT2D eigenvalue weighted by Crippen LogP contribution is 2.17. The predicted molar refractivity (Wildman–Crippen MR) is 92.5 cm³/mol. The number of anilines is 2. The highest BCUT2D eigenvalue weighted by atomic mass is 127. The lowest BCUT2D eigenvalue weighted by Gasteiger charge is -2.06. The number of amides is 2. The number of carbonyl (C=O) groups excluding carboxylic acids is 2. The number of nitrogens with one attached hydrogen (secondary N) is 2. The largest absolute Gasteiger partial charge is 0.459 e. The van der Waals surface area contributed by atoms with Gasteiger partial charge >= 0.3 is 0 Å². The average Bonchev–Trinajstić information content (AvgIpc) is 3.20. The second-order valence-electron chi connectivity index (χ2n) is 4.57. The van der Waals surface area contributed by atoms with E-state index in [0.717, 1.165) is 0 Å². The smallest absolute Gasteiger partial charge is 0.291 e. The van der Waals surface area contributed by atoms with Crippen LogP contribution in [0.4, 0.5) is 11.4 Å². The summed E-state index contributed by atoms with van der Waals surface area (Å²) in [6.45, 7) is 0. The van der Waals surface area contributed by atoms with Crippen LogP contribution in [-0.4, -0.2) is 11.8 Å². The molecule has 0 bridgehead atoms. The van der Waals surface area contributed by atoms with Crippen LogP contribution in [0.1, 0.15) is 21.1 Å². The zero-order chi connectivity index (χ0) is 16.2. The van der Waals surface area contributed by atoms with Crippen LogP contribution >= 0.6 is 22.6 Å². The van der Waals surface area contributed by atoms with Crippen LogP contribution in [-0.2, 0) is 0 Å². The van der Waals surface area contributed by atoms with E-state index in [1.165, 1.54) is 6.26 Å². The van der Waals surface area contributed by atoms with Crippen molar-refractivity contribution in [1.29, 1.82) is 0 Å². The summed E-state index contributed by atoms with van der Waals surface area (Å²) < 4.78 is 10.9. The number of carbonyl (C=O) groups is 2. The summed E-state index contributed by atoms with van der Waals surface area (Å²) >= 11 is 1.99. The van der Waals surface area contributed by atoms with Crippen LogP contribution < -0.4 is 10.6 Å². The Hall–Kier alpha value is -2.55. The van der Waals surface area contributed by atoms with Gasteiger partial charge in [0.05, 0.1) is 6.26 Å². The van der Waals surface area contributed by atoms with Crippen LogP contribution in [0.5, 0.6) is 0 Å². The van der Waals surface area contributed by atoms with Crippen LogP contribution in [0.25, 0.3) is 0 Å². The maximum absolute atomic E-state index is 12.0. The summed E-state index contributed by atoms with van der Waals surface area (Å²) in [5, 5.41) is 5.41. The molecule has 0 radical (unpaired) electrons. The number of furan rings is 2. The van der Waals surface area contributed by atoms with Crippen molar-refractivity contribution in [1.82, 2.24) is 0 Å². The molecule has 0 spiro atoms. The van der Waals surface area contributed by atoms with Gasteiger partial charge < -0.3 is 19.5 Å². The molecule has 0 aliphatic heterocycles. The molecule has 0 saturated carbocycles. The van der Waals surface area contributed by atoms with Crippen molar-refractivity contribution in [3.8, 4) is 0 Å². The van der Waals surface area contributed by atoms with Gasteiger partial charge in [-0.05, 0) is 71.1 Å². The van der Waals surface area contributed by atoms with E-state index in [0.29, 0.717) is 15.1 Å². The van der Waals surface area contributed by atoms with Crippen LogP contribution in [0.15, 0.2) is 63.6 Å². The van der Waals surface area contributed by atoms with E-state index in [9.17, 15) is 9.59 Å². The molecule has 0 unspecified atom stereocenters. The summed E-state index contributed by atoms with van der Waals surface area (Å²) in [7, 11) is 0. The van der Waals surface area contributed by atoms with Gasteiger partial charge in [-0.15, -0.1) is 0 Å². The van der Waals surface area contributed by atoms with Crippen molar-refractivity contribution in [3.05, 3.63) is 70.1 Å². The molecule has 0 atom stereocenters. The third-order valence-electron chi connectivity index (χ3n) is 2.94. The molecule has 0 aliphatic carbocycles. The molecule has 7 heteroatoms. The van der Waals surface area contributed by atoms with Gasteiger partial charge in [0.1, 0.15) is 0 Å². The first-order chi connectivity index (χ1) is 11.1. The zero-order valence-electron chi connectivity index (χ0n) is 11.7. The Morgan fingerprint density at radius 2 is 1.43 bits per heavy atom. The Labute approximate surface area is 145 Å². The van der Waals surface area contributed by atoms with E-state index >= 15 is 0 Å². The van der Waals surface area contributed by atoms with E-state index in [2.05, 4.69) is 10.6 Å². The van der Waals surface area contributed by atoms with E-state index in [-0.39, 0.29) is 23.3 Å². The summed E-state index contributed by atoms with van der Waals surface area (Å²) in [4.78, 5) is 23.8. The third-order valence-corrected chi connectivity index (χ3v) is 3.52. The first kappa shape index (κ1) is 15.3. The molecule has 1 aromatic carbocycles. The molecule has 3 rings (SSSR count). The molecule has 2 aromatic heterocycles. The lowest BCUT2D eigenvalue weighted by molar-refractivity contribution is 0.0988. The van der Waals surface area contributed by atoms with Gasteiger partial charge in [-0.2, -0.15) is 0 Å². The molecule has 6 nitrogen and oxygen atoms in total. The third kappa shape index (κ3) is 3.81. The fraction of sp³-hybridized carbons (Fsp3) is 0. The van der Waals surface area contributed by atoms with Crippen LogP contribution in [0.2, 0.25) is 0 Å². The number of rotatable bonds is 4. The number of benzene rings is 1. The predicted octanol–water partition coefficient (Wildman–Crippen LogP) is 3.98. The molecule has 0 saturated heterocycles. The van der Waals surface area contributed by atoms with Gasteiger partial charge in [0, 0.05) is 11.4 Å². The Morgan fingerprint density at radius 3 is 1.91 bits per heavy atom. The topological polar surface area (TPSA) is 84.5 Å². The number of hydrogen-bond acceptors (Lipinski definition) is 4.